The van der Waals surface area contributed by atoms with Gasteiger partial charge in [0.2, 0.25) is 0 Å². The van der Waals surface area contributed by atoms with E-state index < -0.39 is 0 Å². The van der Waals surface area contributed by atoms with Gasteiger partial charge in [-0.25, -0.2) is 0 Å². The van der Waals surface area contributed by atoms with Gasteiger partial charge in [0.1, 0.15) is 0 Å². The molecule has 0 saturated carbocycles. The first kappa shape index (κ1) is 16.4. The van der Waals surface area contributed by atoms with Crippen LogP contribution in [0.1, 0.15) is 12.5 Å². The molecule has 0 aliphatic heterocycles. The standard InChI is InChI=1S/C17H16N3O.Li/c1-2-21-17(13-12-14-8-4-3-5-9-14)20-16-11-7-6-10-15(16)18-19-20;/h3-13H,2H2,1H3;/q-1;+1. The third-order valence-corrected chi connectivity index (χ3v) is 3.07. The monoisotopic (exact) mass is 285 g/mol. The fourth-order valence-corrected chi connectivity index (χ4v) is 2.09. The van der Waals surface area contributed by atoms with Gasteiger partial charge in [0, 0.05) is 6.61 Å². The SMILES string of the molecule is CCO[C-](C=Cc1ccccc1)n1nnc2ccccc21.[Li+]. The Morgan fingerprint density at radius 2 is 1.82 bits per heavy atom. The van der Waals surface area contributed by atoms with Gasteiger partial charge in [-0.2, -0.15) is 0 Å². The summed E-state index contributed by atoms with van der Waals surface area (Å²) >= 11 is 0. The fourth-order valence-electron chi connectivity index (χ4n) is 2.09. The molecule has 106 valence electrons. The van der Waals surface area contributed by atoms with Crippen molar-refractivity contribution < 1.29 is 23.6 Å². The predicted molar refractivity (Wildman–Crippen MR) is 83.3 cm³/mol. The molecule has 22 heavy (non-hydrogen) atoms. The van der Waals surface area contributed by atoms with E-state index in [0.717, 1.165) is 16.6 Å². The van der Waals surface area contributed by atoms with E-state index in [2.05, 4.69) is 10.3 Å². The zero-order chi connectivity index (χ0) is 14.5. The second-order valence-electron chi connectivity index (χ2n) is 4.51. The number of rotatable bonds is 5. The van der Waals surface area contributed by atoms with Crippen LogP contribution in [0.5, 0.6) is 0 Å². The van der Waals surface area contributed by atoms with E-state index in [1.54, 1.807) is 4.68 Å². The van der Waals surface area contributed by atoms with Crippen LogP contribution < -0.4 is 18.9 Å². The van der Waals surface area contributed by atoms with E-state index in [-0.39, 0.29) is 18.9 Å². The zero-order valence-corrected chi connectivity index (χ0v) is 12.8. The minimum absolute atomic E-state index is 0. The second kappa shape index (κ2) is 7.86. The summed E-state index contributed by atoms with van der Waals surface area (Å²) < 4.78 is 7.43. The van der Waals surface area contributed by atoms with Crippen LogP contribution in [0.25, 0.3) is 17.1 Å². The molecule has 0 aliphatic carbocycles. The first-order valence-corrected chi connectivity index (χ1v) is 6.92. The number of para-hydroxylation sites is 1. The quantitative estimate of drug-likeness (QED) is 0.507. The van der Waals surface area contributed by atoms with E-state index in [4.69, 9.17) is 4.74 Å². The molecule has 1 heterocycles. The maximum atomic E-state index is 5.71. The largest absolute Gasteiger partial charge is 1.00 e. The number of ether oxygens (including phenoxy) is 1. The molecular weight excluding hydrogens is 269 g/mol. The number of hydrogen-bond acceptors (Lipinski definition) is 3. The van der Waals surface area contributed by atoms with Crippen molar-refractivity contribution >= 4 is 17.1 Å². The Kier molecular flexibility index (Phi) is 5.85. The summed E-state index contributed by atoms with van der Waals surface area (Å²) in [6.45, 7) is 2.53. The minimum Gasteiger partial charge on any atom is -0.389 e. The van der Waals surface area contributed by atoms with Gasteiger partial charge in [-0.05, 0) is 18.5 Å². The van der Waals surface area contributed by atoms with Crippen LogP contribution in [0.2, 0.25) is 0 Å². The average Bonchev–Trinajstić information content (AvgIpc) is 2.96. The molecule has 0 atom stereocenters. The van der Waals surface area contributed by atoms with Gasteiger partial charge < -0.3 is 4.74 Å². The van der Waals surface area contributed by atoms with Crippen LogP contribution in [0, 0.1) is 6.23 Å². The van der Waals surface area contributed by atoms with Crippen molar-refractivity contribution in [3.8, 4) is 0 Å². The summed E-state index contributed by atoms with van der Waals surface area (Å²) in [5.74, 6) is 0. The van der Waals surface area contributed by atoms with Crippen molar-refractivity contribution in [3.05, 3.63) is 72.5 Å². The molecule has 0 aliphatic rings. The molecule has 3 rings (SSSR count). The van der Waals surface area contributed by atoms with Gasteiger partial charge >= 0.3 is 18.9 Å². The molecule has 0 N–H and O–H groups in total. The molecule has 0 spiro atoms. The van der Waals surface area contributed by atoms with Gasteiger partial charge in [0.25, 0.3) is 0 Å². The first-order chi connectivity index (χ1) is 10.4. The summed E-state index contributed by atoms with van der Waals surface area (Å²) in [5.41, 5.74) is 2.89. The summed E-state index contributed by atoms with van der Waals surface area (Å²) in [5, 5.41) is 8.33. The number of benzene rings is 2. The maximum Gasteiger partial charge on any atom is 1.00 e. The minimum atomic E-state index is 0. The van der Waals surface area contributed by atoms with Gasteiger partial charge in [-0.1, -0.05) is 59.3 Å². The molecule has 0 amide bonds. The topological polar surface area (TPSA) is 39.9 Å². The summed E-state index contributed by atoms with van der Waals surface area (Å²) in [7, 11) is 0. The summed E-state index contributed by atoms with van der Waals surface area (Å²) in [6, 6.07) is 17.9. The Hall–Kier alpha value is -1.99. The van der Waals surface area contributed by atoms with Gasteiger partial charge in [-0.15, -0.1) is 17.3 Å². The molecule has 0 fully saturated rings. The van der Waals surface area contributed by atoms with Gasteiger partial charge in [0.05, 0.1) is 11.7 Å². The molecule has 1 aromatic heterocycles. The molecule has 2 aromatic carbocycles. The molecule has 5 heteroatoms. The van der Waals surface area contributed by atoms with Crippen LogP contribution in [-0.4, -0.2) is 21.6 Å². The predicted octanol–water partition coefficient (Wildman–Crippen LogP) is 0.523. The van der Waals surface area contributed by atoms with Crippen molar-refractivity contribution in [2.45, 2.75) is 6.92 Å². The van der Waals surface area contributed by atoms with Crippen molar-refractivity contribution in [3.63, 3.8) is 0 Å². The fraction of sp³-hybridized carbons (Fsp3) is 0.118. The molecule has 0 saturated heterocycles. The zero-order valence-electron chi connectivity index (χ0n) is 12.8. The first-order valence-electron chi connectivity index (χ1n) is 6.92. The number of hydrogen-bond donors (Lipinski definition) is 0. The van der Waals surface area contributed by atoms with Crippen LogP contribution in [-0.2, 0) is 4.74 Å². The Balaban J connectivity index is 0.00000176. The molecule has 0 unspecified atom stereocenters. The van der Waals surface area contributed by atoms with E-state index in [0.29, 0.717) is 12.8 Å². The van der Waals surface area contributed by atoms with Gasteiger partial charge in [-0.3, -0.25) is 4.68 Å². The molecule has 0 bridgehead atoms. The Morgan fingerprint density at radius 3 is 2.59 bits per heavy atom. The number of fused-ring (bicyclic) bond motifs is 1. The van der Waals surface area contributed by atoms with E-state index in [1.165, 1.54) is 0 Å². The van der Waals surface area contributed by atoms with Crippen molar-refractivity contribution in [2.75, 3.05) is 6.61 Å². The number of aromatic nitrogens is 3. The average molecular weight is 285 g/mol. The van der Waals surface area contributed by atoms with Crippen molar-refractivity contribution in [1.82, 2.24) is 15.0 Å². The van der Waals surface area contributed by atoms with E-state index >= 15 is 0 Å². The Bertz CT molecular complexity index is 740. The summed E-state index contributed by atoms with van der Waals surface area (Å²) in [4.78, 5) is 0. The van der Waals surface area contributed by atoms with Crippen molar-refractivity contribution in [1.29, 1.82) is 0 Å². The van der Waals surface area contributed by atoms with Gasteiger partial charge in [0.15, 0.2) is 0 Å². The second-order valence-corrected chi connectivity index (χ2v) is 4.51. The third kappa shape index (κ3) is 3.61. The summed E-state index contributed by atoms with van der Waals surface area (Å²) in [6.07, 6.45) is 4.58. The normalized spacial score (nSPS) is 10.8. The number of nitrogens with zero attached hydrogens (tertiary/aromatic N) is 3. The van der Waals surface area contributed by atoms with E-state index in [1.807, 2.05) is 73.7 Å². The van der Waals surface area contributed by atoms with Crippen LogP contribution in [0.15, 0.2) is 60.7 Å². The smallest absolute Gasteiger partial charge is 0.389 e. The van der Waals surface area contributed by atoms with Crippen LogP contribution in [0.3, 0.4) is 0 Å². The Labute approximate surface area is 142 Å². The van der Waals surface area contributed by atoms with Crippen molar-refractivity contribution in [2.24, 2.45) is 0 Å². The molecular formula is C17H16LiN3O. The third-order valence-electron chi connectivity index (χ3n) is 3.07. The van der Waals surface area contributed by atoms with E-state index in [9.17, 15) is 0 Å². The Morgan fingerprint density at radius 1 is 1.09 bits per heavy atom. The van der Waals surface area contributed by atoms with Crippen LogP contribution >= 0.6 is 0 Å². The maximum absolute atomic E-state index is 5.71. The molecule has 0 radical (unpaired) electrons. The molecule has 3 aromatic rings. The van der Waals surface area contributed by atoms with Crippen LogP contribution in [0.4, 0.5) is 0 Å². The molecule has 4 nitrogen and oxygen atoms in total.